The number of para-hydroxylation sites is 3. The summed E-state index contributed by atoms with van der Waals surface area (Å²) in [5, 5.41) is 0. The molecule has 0 radical (unpaired) electrons. The number of likely N-dealkylation sites (N-methyl/N-ethyl adjacent to an activating group) is 1. The lowest BCUT2D eigenvalue weighted by molar-refractivity contribution is -0.120. The van der Waals surface area contributed by atoms with Gasteiger partial charge >= 0.3 is 0 Å². The van der Waals surface area contributed by atoms with E-state index in [9.17, 15) is 9.18 Å². The molecule has 0 saturated heterocycles. The number of hydrogen-bond acceptors (Lipinski definition) is 3. The largest absolute Gasteiger partial charge is 0.482 e. The van der Waals surface area contributed by atoms with Gasteiger partial charge in [0, 0.05) is 7.05 Å². The fourth-order valence-electron chi connectivity index (χ4n) is 1.71. The molecule has 0 aliphatic rings. The van der Waals surface area contributed by atoms with Crippen LogP contribution in [0.1, 0.15) is 0 Å². The molecule has 0 bridgehead atoms. The molecule has 2 rings (SSSR count). The van der Waals surface area contributed by atoms with Crippen molar-refractivity contribution >= 4 is 17.3 Å². The minimum absolute atomic E-state index is 0.209. The molecule has 0 aliphatic heterocycles. The third-order valence-electron chi connectivity index (χ3n) is 2.86. The summed E-state index contributed by atoms with van der Waals surface area (Å²) in [5.41, 5.74) is 6.37. The van der Waals surface area contributed by atoms with E-state index in [-0.39, 0.29) is 18.2 Å². The average molecular weight is 274 g/mol. The Bertz CT molecular complexity index is 616. The van der Waals surface area contributed by atoms with Gasteiger partial charge in [0.05, 0.1) is 11.4 Å². The number of nitrogen functional groups attached to an aromatic ring is 1. The molecule has 0 spiro atoms. The predicted molar refractivity (Wildman–Crippen MR) is 76.2 cm³/mol. The van der Waals surface area contributed by atoms with Crippen molar-refractivity contribution in [2.45, 2.75) is 0 Å². The molecule has 1 amide bonds. The molecule has 0 heterocycles. The number of amides is 1. The Kier molecular flexibility index (Phi) is 4.20. The highest BCUT2D eigenvalue weighted by atomic mass is 19.1. The summed E-state index contributed by atoms with van der Waals surface area (Å²) in [6.07, 6.45) is 0. The molecule has 0 atom stereocenters. The van der Waals surface area contributed by atoms with Gasteiger partial charge in [-0.1, -0.05) is 24.3 Å². The molecule has 104 valence electrons. The number of halogens is 1. The molecule has 2 aromatic rings. The van der Waals surface area contributed by atoms with Crippen molar-refractivity contribution in [3.63, 3.8) is 0 Å². The second kappa shape index (κ2) is 6.06. The van der Waals surface area contributed by atoms with Crippen molar-refractivity contribution in [1.29, 1.82) is 0 Å². The van der Waals surface area contributed by atoms with Gasteiger partial charge in [-0.05, 0) is 24.3 Å². The topological polar surface area (TPSA) is 55.6 Å². The first-order chi connectivity index (χ1) is 9.59. The third kappa shape index (κ3) is 3.06. The minimum Gasteiger partial charge on any atom is -0.482 e. The number of carbonyl (C=O) groups is 1. The Labute approximate surface area is 116 Å². The van der Waals surface area contributed by atoms with Gasteiger partial charge in [0.2, 0.25) is 0 Å². The summed E-state index contributed by atoms with van der Waals surface area (Å²) in [7, 11) is 1.50. The fraction of sp³-hybridized carbons (Fsp3) is 0.133. The zero-order valence-corrected chi connectivity index (χ0v) is 11.0. The molecule has 2 N–H and O–H groups in total. The number of anilines is 2. The summed E-state index contributed by atoms with van der Waals surface area (Å²) in [6.45, 7) is -0.209. The number of carbonyl (C=O) groups excluding carboxylic acids is 1. The van der Waals surface area contributed by atoms with Crippen LogP contribution >= 0.6 is 0 Å². The molecule has 0 fully saturated rings. The van der Waals surface area contributed by atoms with Crippen molar-refractivity contribution in [2.75, 3.05) is 24.3 Å². The number of benzene rings is 2. The molecule has 0 aliphatic carbocycles. The van der Waals surface area contributed by atoms with Crippen LogP contribution < -0.4 is 15.4 Å². The molecular weight excluding hydrogens is 259 g/mol. The number of nitrogens with two attached hydrogens (primary N) is 1. The first kappa shape index (κ1) is 13.9. The van der Waals surface area contributed by atoms with E-state index in [0.29, 0.717) is 11.4 Å². The van der Waals surface area contributed by atoms with Gasteiger partial charge in [0.15, 0.2) is 6.61 Å². The number of hydrogen-bond donors (Lipinski definition) is 1. The Morgan fingerprint density at radius 1 is 1.20 bits per heavy atom. The Morgan fingerprint density at radius 2 is 1.85 bits per heavy atom. The number of ether oxygens (including phenoxy) is 1. The van der Waals surface area contributed by atoms with Gasteiger partial charge in [-0.15, -0.1) is 0 Å². The normalized spacial score (nSPS) is 10.1. The van der Waals surface area contributed by atoms with E-state index in [0.717, 1.165) is 0 Å². The van der Waals surface area contributed by atoms with E-state index in [4.69, 9.17) is 10.5 Å². The van der Waals surface area contributed by atoms with Gasteiger partial charge in [0.25, 0.3) is 5.91 Å². The van der Waals surface area contributed by atoms with E-state index < -0.39 is 5.82 Å². The van der Waals surface area contributed by atoms with Crippen LogP contribution in [0.25, 0.3) is 0 Å². The number of nitrogens with zero attached hydrogens (tertiary/aromatic N) is 1. The average Bonchev–Trinajstić information content (AvgIpc) is 2.46. The Morgan fingerprint density at radius 3 is 2.55 bits per heavy atom. The van der Waals surface area contributed by atoms with E-state index in [2.05, 4.69) is 0 Å². The monoisotopic (exact) mass is 274 g/mol. The second-order valence-corrected chi connectivity index (χ2v) is 4.23. The van der Waals surface area contributed by atoms with E-state index in [1.54, 1.807) is 36.4 Å². The lowest BCUT2D eigenvalue weighted by atomic mass is 10.3. The molecule has 0 unspecified atom stereocenters. The zero-order valence-electron chi connectivity index (χ0n) is 11.0. The summed E-state index contributed by atoms with van der Waals surface area (Å²) in [5.74, 6) is -0.385. The highest BCUT2D eigenvalue weighted by Crippen LogP contribution is 2.21. The Hall–Kier alpha value is -2.56. The van der Waals surface area contributed by atoms with Crippen LogP contribution in [-0.2, 0) is 4.79 Å². The highest BCUT2D eigenvalue weighted by molar-refractivity contribution is 5.94. The van der Waals surface area contributed by atoms with Gasteiger partial charge in [-0.25, -0.2) is 4.39 Å². The standard InChI is InChI=1S/C15H15FN2O2/c1-18(13-8-4-2-6-11(13)16)15(19)10-20-14-9-5-3-7-12(14)17/h2-9H,10,17H2,1H3. The lowest BCUT2D eigenvalue weighted by Gasteiger charge is -2.18. The van der Waals surface area contributed by atoms with Gasteiger partial charge in [-0.3, -0.25) is 4.79 Å². The van der Waals surface area contributed by atoms with Crippen LogP contribution in [0.15, 0.2) is 48.5 Å². The van der Waals surface area contributed by atoms with Crippen LogP contribution in [0.4, 0.5) is 15.8 Å². The zero-order chi connectivity index (χ0) is 14.5. The van der Waals surface area contributed by atoms with Crippen LogP contribution in [-0.4, -0.2) is 19.6 Å². The van der Waals surface area contributed by atoms with E-state index >= 15 is 0 Å². The lowest BCUT2D eigenvalue weighted by Crippen LogP contribution is -2.32. The minimum atomic E-state index is -0.456. The molecule has 0 saturated carbocycles. The molecule has 5 heteroatoms. The van der Waals surface area contributed by atoms with Crippen LogP contribution in [0.5, 0.6) is 5.75 Å². The first-order valence-electron chi connectivity index (χ1n) is 6.08. The molecule has 20 heavy (non-hydrogen) atoms. The van der Waals surface area contributed by atoms with E-state index in [1.165, 1.54) is 24.1 Å². The predicted octanol–water partition coefficient (Wildman–Crippen LogP) is 2.45. The molecule has 4 nitrogen and oxygen atoms in total. The van der Waals surface area contributed by atoms with E-state index in [1.807, 2.05) is 0 Å². The van der Waals surface area contributed by atoms with Crippen molar-refractivity contribution < 1.29 is 13.9 Å². The van der Waals surface area contributed by atoms with Gasteiger partial charge in [0.1, 0.15) is 11.6 Å². The van der Waals surface area contributed by atoms with Crippen molar-refractivity contribution in [3.8, 4) is 5.75 Å². The van der Waals surface area contributed by atoms with Crippen LogP contribution in [0.2, 0.25) is 0 Å². The fourth-order valence-corrected chi connectivity index (χ4v) is 1.71. The summed E-state index contributed by atoms with van der Waals surface area (Å²) >= 11 is 0. The van der Waals surface area contributed by atoms with Crippen molar-refractivity contribution in [2.24, 2.45) is 0 Å². The first-order valence-corrected chi connectivity index (χ1v) is 6.08. The highest BCUT2D eigenvalue weighted by Gasteiger charge is 2.15. The maximum absolute atomic E-state index is 13.6. The molecule has 2 aromatic carbocycles. The van der Waals surface area contributed by atoms with Crippen LogP contribution in [0, 0.1) is 5.82 Å². The summed E-state index contributed by atoms with van der Waals surface area (Å²) in [6, 6.07) is 13.0. The van der Waals surface area contributed by atoms with Crippen molar-refractivity contribution in [3.05, 3.63) is 54.3 Å². The molecular formula is C15H15FN2O2. The summed E-state index contributed by atoms with van der Waals surface area (Å²) in [4.78, 5) is 13.2. The number of rotatable bonds is 4. The maximum Gasteiger partial charge on any atom is 0.264 e. The Balaban J connectivity index is 2.02. The van der Waals surface area contributed by atoms with Crippen molar-refractivity contribution in [1.82, 2.24) is 0 Å². The molecule has 0 aromatic heterocycles. The second-order valence-electron chi connectivity index (χ2n) is 4.23. The maximum atomic E-state index is 13.6. The quantitative estimate of drug-likeness (QED) is 0.871. The van der Waals surface area contributed by atoms with Gasteiger partial charge in [-0.2, -0.15) is 0 Å². The smallest absolute Gasteiger partial charge is 0.264 e. The summed E-state index contributed by atoms with van der Waals surface area (Å²) < 4.78 is 18.9. The van der Waals surface area contributed by atoms with Gasteiger partial charge < -0.3 is 15.4 Å². The SMILES string of the molecule is CN(C(=O)COc1ccccc1N)c1ccccc1F. The van der Waals surface area contributed by atoms with Crippen LogP contribution in [0.3, 0.4) is 0 Å². The third-order valence-corrected chi connectivity index (χ3v) is 2.86.